The van der Waals surface area contributed by atoms with E-state index in [4.69, 9.17) is 4.98 Å². The maximum atomic E-state index is 13.4. The second-order valence-electron chi connectivity index (χ2n) is 8.39. The van der Waals surface area contributed by atoms with Gasteiger partial charge in [-0.25, -0.2) is 22.4 Å². The minimum Gasteiger partial charge on any atom is -0.294 e. The van der Waals surface area contributed by atoms with Crippen LogP contribution in [0.15, 0.2) is 89.4 Å². The SMILES string of the molecule is O=S(=O)(c1ccccc1)n1cc(CN2CCc3nc(-c4cccs4)ncc3C2)c2ccccc21. The van der Waals surface area contributed by atoms with Gasteiger partial charge < -0.3 is 0 Å². The molecule has 0 aliphatic carbocycles. The summed E-state index contributed by atoms with van der Waals surface area (Å²) < 4.78 is 28.2. The van der Waals surface area contributed by atoms with Crippen molar-refractivity contribution < 1.29 is 8.42 Å². The Kier molecular flexibility index (Phi) is 5.28. The third kappa shape index (κ3) is 3.73. The molecular formula is C26H22N4O2S2. The van der Waals surface area contributed by atoms with Gasteiger partial charge in [0.05, 0.1) is 21.0 Å². The van der Waals surface area contributed by atoms with Crippen molar-refractivity contribution >= 4 is 32.3 Å². The Hall–Kier alpha value is -3.33. The first kappa shape index (κ1) is 21.2. The molecule has 0 fully saturated rings. The monoisotopic (exact) mass is 486 g/mol. The van der Waals surface area contributed by atoms with Crippen molar-refractivity contribution in [2.24, 2.45) is 0 Å². The average molecular weight is 487 g/mol. The Bertz CT molecular complexity index is 1580. The zero-order valence-corrected chi connectivity index (χ0v) is 20.0. The fraction of sp³-hybridized carbons (Fsp3) is 0.154. The number of thiophene rings is 1. The van der Waals surface area contributed by atoms with Gasteiger partial charge in [-0.1, -0.05) is 42.5 Å². The maximum absolute atomic E-state index is 13.4. The van der Waals surface area contributed by atoms with Crippen LogP contribution in [-0.4, -0.2) is 33.8 Å². The van der Waals surface area contributed by atoms with Crippen LogP contribution in [0.1, 0.15) is 16.8 Å². The normalized spacial score (nSPS) is 14.4. The Morgan fingerprint density at radius 2 is 1.79 bits per heavy atom. The number of nitrogens with zero attached hydrogens (tertiary/aromatic N) is 4. The zero-order valence-electron chi connectivity index (χ0n) is 18.3. The standard InChI is InChI=1S/C26H22N4O2S2/c31-34(32,21-7-2-1-3-8-21)30-18-20(22-9-4-5-10-24(22)30)17-29-13-12-23-19(16-29)15-27-26(28-23)25-11-6-14-33-25/h1-11,14-15,18H,12-13,16-17H2. The van der Waals surface area contributed by atoms with Gasteiger partial charge in [0.1, 0.15) is 0 Å². The first-order valence-electron chi connectivity index (χ1n) is 11.1. The van der Waals surface area contributed by atoms with Crippen molar-refractivity contribution in [2.45, 2.75) is 24.4 Å². The van der Waals surface area contributed by atoms with Gasteiger partial charge in [-0.3, -0.25) is 4.90 Å². The molecule has 0 spiro atoms. The minimum absolute atomic E-state index is 0.285. The zero-order chi connectivity index (χ0) is 23.1. The summed E-state index contributed by atoms with van der Waals surface area (Å²) in [6, 6.07) is 20.3. The summed E-state index contributed by atoms with van der Waals surface area (Å²) in [6.45, 7) is 2.26. The predicted molar refractivity (Wildman–Crippen MR) is 134 cm³/mol. The van der Waals surface area contributed by atoms with Gasteiger partial charge in [0.15, 0.2) is 5.82 Å². The van der Waals surface area contributed by atoms with E-state index in [2.05, 4.69) is 9.88 Å². The van der Waals surface area contributed by atoms with Crippen molar-refractivity contribution in [3.63, 3.8) is 0 Å². The fourth-order valence-electron chi connectivity index (χ4n) is 4.52. The highest BCUT2D eigenvalue weighted by molar-refractivity contribution is 7.90. The van der Waals surface area contributed by atoms with E-state index < -0.39 is 10.0 Å². The van der Waals surface area contributed by atoms with Crippen LogP contribution in [0.2, 0.25) is 0 Å². The van der Waals surface area contributed by atoms with E-state index >= 15 is 0 Å². The van der Waals surface area contributed by atoms with Gasteiger partial charge in [-0.2, -0.15) is 0 Å². The number of para-hydroxylation sites is 1. The molecule has 170 valence electrons. The molecule has 2 aromatic carbocycles. The molecule has 0 N–H and O–H groups in total. The van der Waals surface area contributed by atoms with Crippen LogP contribution < -0.4 is 0 Å². The molecule has 4 heterocycles. The number of aromatic nitrogens is 3. The summed E-state index contributed by atoms with van der Waals surface area (Å²) in [5, 5.41) is 2.99. The number of rotatable bonds is 5. The third-order valence-electron chi connectivity index (χ3n) is 6.21. The molecule has 5 aromatic rings. The van der Waals surface area contributed by atoms with Gasteiger partial charge in [-0.05, 0) is 35.2 Å². The Morgan fingerprint density at radius 3 is 2.62 bits per heavy atom. The van der Waals surface area contributed by atoms with E-state index in [-0.39, 0.29) is 4.90 Å². The lowest BCUT2D eigenvalue weighted by atomic mass is 10.1. The first-order valence-corrected chi connectivity index (χ1v) is 13.4. The van der Waals surface area contributed by atoms with E-state index in [0.29, 0.717) is 12.1 Å². The first-order chi connectivity index (χ1) is 16.6. The van der Waals surface area contributed by atoms with Gasteiger partial charge >= 0.3 is 0 Å². The largest absolute Gasteiger partial charge is 0.294 e. The van der Waals surface area contributed by atoms with Gasteiger partial charge in [0.2, 0.25) is 0 Å². The minimum atomic E-state index is -3.68. The molecule has 6 rings (SSSR count). The average Bonchev–Trinajstić information content (AvgIpc) is 3.54. The molecule has 0 radical (unpaired) electrons. The molecule has 8 heteroatoms. The smallest absolute Gasteiger partial charge is 0.268 e. The van der Waals surface area contributed by atoms with Crippen LogP contribution in [0.25, 0.3) is 21.6 Å². The van der Waals surface area contributed by atoms with Crippen molar-refractivity contribution in [3.05, 3.63) is 101 Å². The second-order valence-corrected chi connectivity index (χ2v) is 11.2. The van der Waals surface area contributed by atoms with Gasteiger partial charge in [0, 0.05) is 49.4 Å². The number of fused-ring (bicyclic) bond motifs is 2. The summed E-state index contributed by atoms with van der Waals surface area (Å²) in [7, 11) is -3.68. The lowest BCUT2D eigenvalue weighted by molar-refractivity contribution is 0.244. The Labute approximate surface area is 202 Å². The summed E-state index contributed by atoms with van der Waals surface area (Å²) in [4.78, 5) is 13.1. The molecule has 1 aliphatic rings. The van der Waals surface area contributed by atoms with E-state index in [1.807, 2.05) is 54.0 Å². The highest BCUT2D eigenvalue weighted by Gasteiger charge is 2.24. The number of hydrogen-bond acceptors (Lipinski definition) is 6. The van der Waals surface area contributed by atoms with E-state index in [0.717, 1.165) is 52.4 Å². The summed E-state index contributed by atoms with van der Waals surface area (Å²) in [6.07, 6.45) is 4.56. The van der Waals surface area contributed by atoms with Crippen molar-refractivity contribution in [1.82, 2.24) is 18.8 Å². The highest BCUT2D eigenvalue weighted by Crippen LogP contribution is 2.29. The van der Waals surface area contributed by atoms with Crippen LogP contribution in [0.3, 0.4) is 0 Å². The van der Waals surface area contributed by atoms with E-state index in [1.165, 1.54) is 3.97 Å². The van der Waals surface area contributed by atoms with Crippen LogP contribution in [0.4, 0.5) is 0 Å². The lowest BCUT2D eigenvalue weighted by Crippen LogP contribution is -2.30. The molecule has 34 heavy (non-hydrogen) atoms. The Morgan fingerprint density at radius 1 is 0.971 bits per heavy atom. The van der Waals surface area contributed by atoms with Crippen LogP contribution >= 0.6 is 11.3 Å². The molecular weight excluding hydrogens is 464 g/mol. The van der Waals surface area contributed by atoms with E-state index in [1.54, 1.807) is 41.8 Å². The quantitative estimate of drug-likeness (QED) is 0.351. The molecule has 6 nitrogen and oxygen atoms in total. The molecule has 0 saturated carbocycles. The fourth-order valence-corrected chi connectivity index (χ4v) is 6.60. The molecule has 0 bridgehead atoms. The maximum Gasteiger partial charge on any atom is 0.268 e. The predicted octanol–water partition coefficient (Wildman–Crippen LogP) is 4.96. The van der Waals surface area contributed by atoms with Gasteiger partial charge in [0.25, 0.3) is 10.0 Å². The molecule has 0 unspecified atom stereocenters. The summed E-state index contributed by atoms with van der Waals surface area (Å²) in [5.41, 5.74) is 3.92. The molecule has 3 aromatic heterocycles. The Balaban J connectivity index is 1.31. The molecule has 1 aliphatic heterocycles. The summed E-state index contributed by atoms with van der Waals surface area (Å²) in [5.74, 6) is 0.788. The van der Waals surface area contributed by atoms with Crippen molar-refractivity contribution in [3.8, 4) is 10.7 Å². The molecule has 0 amide bonds. The highest BCUT2D eigenvalue weighted by atomic mass is 32.2. The molecule has 0 saturated heterocycles. The van der Waals surface area contributed by atoms with E-state index in [9.17, 15) is 8.42 Å². The van der Waals surface area contributed by atoms with Crippen molar-refractivity contribution in [2.75, 3.05) is 6.54 Å². The van der Waals surface area contributed by atoms with Crippen LogP contribution in [-0.2, 0) is 29.5 Å². The lowest BCUT2D eigenvalue weighted by Gasteiger charge is -2.27. The third-order valence-corrected chi connectivity index (χ3v) is 8.76. The van der Waals surface area contributed by atoms with Crippen molar-refractivity contribution in [1.29, 1.82) is 0 Å². The number of benzene rings is 2. The van der Waals surface area contributed by atoms with Crippen LogP contribution in [0.5, 0.6) is 0 Å². The molecule has 0 atom stereocenters. The topological polar surface area (TPSA) is 68.1 Å². The van der Waals surface area contributed by atoms with Crippen LogP contribution in [0, 0.1) is 0 Å². The second kappa shape index (κ2) is 8.47. The van der Waals surface area contributed by atoms with Gasteiger partial charge in [-0.15, -0.1) is 11.3 Å². The number of hydrogen-bond donors (Lipinski definition) is 0. The summed E-state index contributed by atoms with van der Waals surface area (Å²) >= 11 is 1.65.